The lowest BCUT2D eigenvalue weighted by atomic mass is 10.0. The summed E-state index contributed by atoms with van der Waals surface area (Å²) in [7, 11) is 0. The van der Waals surface area contributed by atoms with Crippen molar-refractivity contribution in [3.8, 4) is 0 Å². The summed E-state index contributed by atoms with van der Waals surface area (Å²) in [6.07, 6.45) is 4.64. The molecule has 1 saturated carbocycles. The first-order valence-corrected chi connectivity index (χ1v) is 9.07. The van der Waals surface area contributed by atoms with E-state index in [0.29, 0.717) is 5.92 Å². The average Bonchev–Trinajstić information content (AvgIpc) is 3.15. The second-order valence-electron chi connectivity index (χ2n) is 6.54. The van der Waals surface area contributed by atoms with Crippen LogP contribution < -0.4 is 5.32 Å². The van der Waals surface area contributed by atoms with Crippen LogP contribution in [0.4, 0.5) is 0 Å². The van der Waals surface area contributed by atoms with Crippen molar-refractivity contribution in [3.63, 3.8) is 0 Å². The summed E-state index contributed by atoms with van der Waals surface area (Å²) < 4.78 is 2.06. The van der Waals surface area contributed by atoms with E-state index in [-0.39, 0.29) is 6.04 Å². The molecule has 0 radical (unpaired) electrons. The van der Waals surface area contributed by atoms with Gasteiger partial charge in [-0.3, -0.25) is 4.40 Å². The fourth-order valence-corrected chi connectivity index (χ4v) is 3.82. The van der Waals surface area contributed by atoms with Gasteiger partial charge in [-0.2, -0.15) is 0 Å². The maximum atomic E-state index is 4.76. The molecule has 1 fully saturated rings. The van der Waals surface area contributed by atoms with E-state index in [1.165, 1.54) is 17.8 Å². The van der Waals surface area contributed by atoms with Gasteiger partial charge in [0.05, 0.1) is 16.7 Å². The molecule has 3 heterocycles. The first-order valence-electron chi connectivity index (χ1n) is 8.19. The maximum Gasteiger partial charge on any atom is 0.160 e. The Hall–Kier alpha value is -1.79. The first kappa shape index (κ1) is 14.8. The Morgan fingerprint density at radius 3 is 2.96 bits per heavy atom. The molecule has 1 unspecified atom stereocenters. The lowest BCUT2D eigenvalue weighted by Gasteiger charge is -2.20. The van der Waals surface area contributed by atoms with Crippen LogP contribution in [0.2, 0.25) is 0 Å². The fraction of sp³-hybridized carbons (Fsp3) is 0.471. The smallest absolute Gasteiger partial charge is 0.160 e. The summed E-state index contributed by atoms with van der Waals surface area (Å²) in [6.45, 7) is 5.19. The third-order valence-electron chi connectivity index (χ3n) is 4.28. The summed E-state index contributed by atoms with van der Waals surface area (Å²) in [4.78, 5) is 4.76. The minimum Gasteiger partial charge on any atom is -0.301 e. The minimum atomic E-state index is 0.151. The Kier molecular flexibility index (Phi) is 3.87. The van der Waals surface area contributed by atoms with Crippen LogP contribution in [0.3, 0.4) is 0 Å². The van der Waals surface area contributed by atoms with Gasteiger partial charge in [0.2, 0.25) is 0 Å². The number of pyridine rings is 1. The van der Waals surface area contributed by atoms with E-state index in [4.69, 9.17) is 4.98 Å². The second kappa shape index (κ2) is 6.02. The number of aromatic nitrogens is 4. The van der Waals surface area contributed by atoms with E-state index in [2.05, 4.69) is 39.1 Å². The monoisotopic (exact) mass is 327 g/mol. The van der Waals surface area contributed by atoms with Crippen LogP contribution in [0, 0.1) is 5.92 Å². The van der Waals surface area contributed by atoms with E-state index in [0.717, 1.165) is 29.6 Å². The van der Waals surface area contributed by atoms with Gasteiger partial charge in [0.15, 0.2) is 11.5 Å². The molecule has 1 aliphatic rings. The standard InChI is InChI=1S/C17H21N5S/c1-11(2)15(16-21-20-14-5-3-4-8-22(14)16)18-9-13-10-23-17(19-13)12-6-7-12/h3-5,8,10-12,15,18H,6-7,9H2,1-2H3. The van der Waals surface area contributed by atoms with E-state index >= 15 is 0 Å². The predicted molar refractivity (Wildman–Crippen MR) is 91.5 cm³/mol. The zero-order valence-corrected chi connectivity index (χ0v) is 14.3. The largest absolute Gasteiger partial charge is 0.301 e. The lowest BCUT2D eigenvalue weighted by molar-refractivity contribution is 0.388. The Labute approximate surface area is 139 Å². The van der Waals surface area contributed by atoms with Crippen LogP contribution >= 0.6 is 11.3 Å². The van der Waals surface area contributed by atoms with Crippen LogP contribution in [-0.2, 0) is 6.54 Å². The van der Waals surface area contributed by atoms with Crippen molar-refractivity contribution in [2.75, 3.05) is 0 Å². The highest BCUT2D eigenvalue weighted by Gasteiger charge is 2.27. The normalized spacial score (nSPS) is 16.3. The van der Waals surface area contributed by atoms with Crippen LogP contribution in [0.1, 0.15) is 55.2 Å². The molecule has 1 N–H and O–H groups in total. The highest BCUT2D eigenvalue weighted by molar-refractivity contribution is 7.09. The SMILES string of the molecule is CC(C)C(NCc1csc(C2CC2)n1)c1nnc2ccccn12. The Morgan fingerprint density at radius 2 is 2.17 bits per heavy atom. The van der Waals surface area contributed by atoms with E-state index in [1.807, 2.05) is 24.4 Å². The Bertz CT molecular complexity index is 802. The zero-order valence-electron chi connectivity index (χ0n) is 13.4. The van der Waals surface area contributed by atoms with Crippen molar-refractivity contribution in [1.29, 1.82) is 0 Å². The minimum absolute atomic E-state index is 0.151. The number of thiazole rings is 1. The third kappa shape index (κ3) is 3.01. The van der Waals surface area contributed by atoms with Crippen LogP contribution in [0.5, 0.6) is 0 Å². The zero-order chi connectivity index (χ0) is 15.8. The highest BCUT2D eigenvalue weighted by atomic mass is 32.1. The summed E-state index contributed by atoms with van der Waals surface area (Å²) in [5.41, 5.74) is 2.02. The van der Waals surface area contributed by atoms with Crippen molar-refractivity contribution < 1.29 is 0 Å². The Balaban J connectivity index is 1.53. The van der Waals surface area contributed by atoms with E-state index < -0.39 is 0 Å². The van der Waals surface area contributed by atoms with E-state index in [9.17, 15) is 0 Å². The maximum absolute atomic E-state index is 4.76. The van der Waals surface area contributed by atoms with Gasteiger partial charge in [-0.25, -0.2) is 4.98 Å². The number of nitrogens with one attached hydrogen (secondary N) is 1. The van der Waals surface area contributed by atoms with Crippen molar-refractivity contribution in [3.05, 3.63) is 46.3 Å². The van der Waals surface area contributed by atoms with Gasteiger partial charge in [-0.15, -0.1) is 21.5 Å². The quantitative estimate of drug-likeness (QED) is 0.752. The molecule has 1 atom stereocenters. The second-order valence-corrected chi connectivity index (χ2v) is 7.43. The molecule has 0 amide bonds. The molecule has 0 aliphatic heterocycles. The molecule has 3 aromatic heterocycles. The summed E-state index contributed by atoms with van der Waals surface area (Å²) >= 11 is 1.80. The van der Waals surface area contributed by atoms with Crippen LogP contribution in [0.15, 0.2) is 29.8 Å². The molecule has 3 aromatic rings. The number of nitrogens with zero attached hydrogens (tertiary/aromatic N) is 4. The van der Waals surface area contributed by atoms with Crippen molar-refractivity contribution in [2.24, 2.45) is 5.92 Å². The number of rotatable bonds is 6. The van der Waals surface area contributed by atoms with Crippen LogP contribution in [-0.4, -0.2) is 19.6 Å². The van der Waals surface area contributed by atoms with Gasteiger partial charge in [0.1, 0.15) is 0 Å². The number of hydrogen-bond acceptors (Lipinski definition) is 5. The van der Waals surface area contributed by atoms with Gasteiger partial charge in [0, 0.05) is 24.0 Å². The van der Waals surface area contributed by atoms with Crippen molar-refractivity contribution in [1.82, 2.24) is 24.9 Å². The van der Waals surface area contributed by atoms with Gasteiger partial charge >= 0.3 is 0 Å². The van der Waals surface area contributed by atoms with Crippen molar-refractivity contribution in [2.45, 2.75) is 45.2 Å². The van der Waals surface area contributed by atoms with Gasteiger partial charge < -0.3 is 5.32 Å². The fourth-order valence-electron chi connectivity index (χ4n) is 2.83. The van der Waals surface area contributed by atoms with Gasteiger partial charge in [-0.1, -0.05) is 19.9 Å². The van der Waals surface area contributed by atoms with E-state index in [1.54, 1.807) is 11.3 Å². The molecular weight excluding hydrogens is 306 g/mol. The summed E-state index contributed by atoms with van der Waals surface area (Å²) in [6, 6.07) is 6.13. The molecule has 0 bridgehead atoms. The molecule has 23 heavy (non-hydrogen) atoms. The predicted octanol–water partition coefficient (Wildman–Crippen LogP) is 3.55. The number of hydrogen-bond donors (Lipinski definition) is 1. The molecular formula is C17H21N5S. The number of fused-ring (bicyclic) bond motifs is 1. The molecule has 5 nitrogen and oxygen atoms in total. The Morgan fingerprint density at radius 1 is 1.30 bits per heavy atom. The summed E-state index contributed by atoms with van der Waals surface area (Å²) in [5, 5.41) is 15.8. The van der Waals surface area contributed by atoms with Crippen molar-refractivity contribution >= 4 is 17.0 Å². The highest BCUT2D eigenvalue weighted by Crippen LogP contribution is 2.41. The first-order chi connectivity index (χ1) is 11.2. The molecule has 0 aromatic carbocycles. The average molecular weight is 327 g/mol. The lowest BCUT2D eigenvalue weighted by Crippen LogP contribution is -2.27. The third-order valence-corrected chi connectivity index (χ3v) is 5.34. The van der Waals surface area contributed by atoms with Crippen LogP contribution in [0.25, 0.3) is 5.65 Å². The topological polar surface area (TPSA) is 55.1 Å². The molecule has 4 rings (SSSR count). The van der Waals surface area contributed by atoms with Gasteiger partial charge in [0.25, 0.3) is 0 Å². The summed E-state index contributed by atoms with van der Waals surface area (Å²) in [5.74, 6) is 2.12. The molecule has 6 heteroatoms. The molecule has 120 valence electrons. The molecule has 0 saturated heterocycles. The molecule has 0 spiro atoms. The van der Waals surface area contributed by atoms with Gasteiger partial charge in [-0.05, 0) is 30.9 Å². The molecule has 1 aliphatic carbocycles.